The van der Waals surface area contributed by atoms with E-state index in [4.69, 9.17) is 0 Å². The van der Waals surface area contributed by atoms with E-state index in [0.717, 1.165) is 21.0 Å². The summed E-state index contributed by atoms with van der Waals surface area (Å²) >= 11 is 0. The molecule has 0 heterocycles. The van der Waals surface area contributed by atoms with Crippen LogP contribution in [0.4, 0.5) is 5.69 Å². The van der Waals surface area contributed by atoms with E-state index in [-0.39, 0.29) is 17.3 Å². The molecule has 0 spiro atoms. The van der Waals surface area contributed by atoms with Crippen molar-refractivity contribution in [1.82, 2.24) is 4.31 Å². The molecule has 134 valence electrons. The van der Waals surface area contributed by atoms with Gasteiger partial charge in [-0.3, -0.25) is 4.79 Å². The van der Waals surface area contributed by atoms with Crippen LogP contribution in [-0.4, -0.2) is 32.2 Å². The lowest BCUT2D eigenvalue weighted by Crippen LogP contribution is -2.35. The molecule has 0 fully saturated rings. The minimum Gasteiger partial charge on any atom is -0.325 e. The van der Waals surface area contributed by atoms with Crippen LogP contribution < -0.4 is 5.32 Å². The minimum atomic E-state index is -3.72. The minimum absolute atomic E-state index is 0.222. The van der Waals surface area contributed by atoms with Crippen molar-refractivity contribution in [3.8, 4) is 0 Å². The largest absolute Gasteiger partial charge is 0.325 e. The molecule has 0 bridgehead atoms. The number of nitrogens with zero attached hydrogens (tertiary/aromatic N) is 1. The number of sulfonamides is 1. The van der Waals surface area contributed by atoms with E-state index >= 15 is 0 Å². The number of anilines is 1. The highest BCUT2D eigenvalue weighted by atomic mass is 32.2. The summed E-state index contributed by atoms with van der Waals surface area (Å²) in [6.45, 7) is 7.29. The van der Waals surface area contributed by atoms with Crippen molar-refractivity contribution in [3.05, 3.63) is 58.7 Å². The summed E-state index contributed by atoms with van der Waals surface area (Å²) in [5.74, 6) is -0.371. The molecule has 6 heteroatoms. The number of hydrogen-bond donors (Lipinski definition) is 1. The van der Waals surface area contributed by atoms with Crippen LogP contribution in [0.25, 0.3) is 0 Å². The van der Waals surface area contributed by atoms with Crippen molar-refractivity contribution in [3.63, 3.8) is 0 Å². The Morgan fingerprint density at radius 3 is 2.36 bits per heavy atom. The fraction of sp³-hybridized carbons (Fsp3) is 0.316. The Bertz CT molecular complexity index is 905. The van der Waals surface area contributed by atoms with Crippen molar-refractivity contribution in [1.29, 1.82) is 0 Å². The second-order valence-electron chi connectivity index (χ2n) is 6.33. The molecular weight excluding hydrogens is 336 g/mol. The maximum atomic E-state index is 12.7. The molecule has 0 saturated carbocycles. The molecule has 5 nitrogen and oxygen atoms in total. The van der Waals surface area contributed by atoms with Crippen LogP contribution in [0.2, 0.25) is 0 Å². The standard InChI is InChI=1S/C19H24N2O3S/c1-13-9-10-18(15(3)11-13)25(23,24)21(5)12-19(22)20-17-8-6-7-14(2)16(17)4/h6-11H,12H2,1-5H3,(H,20,22). The second kappa shape index (κ2) is 7.37. The molecule has 0 aliphatic rings. The van der Waals surface area contributed by atoms with Crippen LogP contribution in [-0.2, 0) is 14.8 Å². The molecular formula is C19H24N2O3S. The molecule has 0 aliphatic carbocycles. The number of rotatable bonds is 5. The third-order valence-corrected chi connectivity index (χ3v) is 6.23. The highest BCUT2D eigenvalue weighted by Crippen LogP contribution is 2.21. The van der Waals surface area contributed by atoms with Crippen LogP contribution in [0.1, 0.15) is 22.3 Å². The van der Waals surface area contributed by atoms with Gasteiger partial charge in [0.25, 0.3) is 0 Å². The van der Waals surface area contributed by atoms with Gasteiger partial charge in [-0.15, -0.1) is 0 Å². The first-order chi connectivity index (χ1) is 11.6. The van der Waals surface area contributed by atoms with E-state index in [1.807, 2.05) is 39.0 Å². The Labute approximate surface area is 149 Å². The van der Waals surface area contributed by atoms with E-state index in [9.17, 15) is 13.2 Å². The van der Waals surface area contributed by atoms with E-state index in [2.05, 4.69) is 5.32 Å². The molecule has 0 aliphatic heterocycles. The zero-order valence-corrected chi connectivity index (χ0v) is 16.1. The van der Waals surface area contributed by atoms with Crippen molar-refractivity contribution in [2.24, 2.45) is 0 Å². The van der Waals surface area contributed by atoms with Crippen molar-refractivity contribution >= 4 is 21.6 Å². The van der Waals surface area contributed by atoms with Crippen molar-refractivity contribution in [2.75, 3.05) is 18.9 Å². The van der Waals surface area contributed by atoms with Gasteiger partial charge >= 0.3 is 0 Å². The zero-order chi connectivity index (χ0) is 18.8. The molecule has 2 rings (SSSR count). The van der Waals surface area contributed by atoms with Crippen molar-refractivity contribution < 1.29 is 13.2 Å². The van der Waals surface area contributed by atoms with E-state index < -0.39 is 10.0 Å². The molecule has 2 aromatic rings. The fourth-order valence-corrected chi connectivity index (χ4v) is 3.95. The van der Waals surface area contributed by atoms with Crippen LogP contribution in [0.5, 0.6) is 0 Å². The lowest BCUT2D eigenvalue weighted by atomic mass is 10.1. The SMILES string of the molecule is Cc1ccc(S(=O)(=O)N(C)CC(=O)Nc2cccc(C)c2C)c(C)c1. The summed E-state index contributed by atoms with van der Waals surface area (Å²) in [6.07, 6.45) is 0. The average molecular weight is 360 g/mol. The molecule has 2 aromatic carbocycles. The van der Waals surface area contributed by atoms with Gasteiger partial charge in [0.05, 0.1) is 11.4 Å². The molecule has 0 saturated heterocycles. The van der Waals surface area contributed by atoms with Gasteiger partial charge < -0.3 is 5.32 Å². The Morgan fingerprint density at radius 2 is 1.72 bits per heavy atom. The van der Waals surface area contributed by atoms with Crippen molar-refractivity contribution in [2.45, 2.75) is 32.6 Å². The summed E-state index contributed by atoms with van der Waals surface area (Å²) < 4.78 is 26.5. The third kappa shape index (κ3) is 4.27. The van der Waals surface area contributed by atoms with Gasteiger partial charge in [-0.25, -0.2) is 8.42 Å². The number of carbonyl (C=O) groups excluding carboxylic acids is 1. The monoisotopic (exact) mass is 360 g/mol. The van der Waals surface area contributed by atoms with Gasteiger partial charge in [0.2, 0.25) is 15.9 Å². The smallest absolute Gasteiger partial charge is 0.243 e. The maximum Gasteiger partial charge on any atom is 0.243 e. The van der Waals surface area contributed by atoms with Crippen LogP contribution >= 0.6 is 0 Å². The molecule has 0 radical (unpaired) electrons. The van der Waals surface area contributed by atoms with Crippen LogP contribution in [0.15, 0.2) is 41.3 Å². The molecule has 1 amide bonds. The average Bonchev–Trinajstić information content (AvgIpc) is 2.51. The van der Waals surface area contributed by atoms with Gasteiger partial charge in [-0.2, -0.15) is 4.31 Å². The highest BCUT2D eigenvalue weighted by molar-refractivity contribution is 7.89. The summed E-state index contributed by atoms with van der Waals surface area (Å²) in [4.78, 5) is 12.5. The molecule has 1 N–H and O–H groups in total. The first-order valence-electron chi connectivity index (χ1n) is 8.02. The normalized spacial score (nSPS) is 11.6. The third-order valence-electron chi connectivity index (χ3n) is 4.26. The molecule has 0 atom stereocenters. The summed E-state index contributed by atoms with van der Waals surface area (Å²) in [6, 6.07) is 10.8. The first-order valence-corrected chi connectivity index (χ1v) is 9.46. The fourth-order valence-electron chi connectivity index (χ4n) is 2.62. The van der Waals surface area contributed by atoms with E-state index in [1.54, 1.807) is 25.1 Å². The molecule has 25 heavy (non-hydrogen) atoms. The number of benzene rings is 2. The lowest BCUT2D eigenvalue weighted by molar-refractivity contribution is -0.116. The highest BCUT2D eigenvalue weighted by Gasteiger charge is 2.24. The zero-order valence-electron chi connectivity index (χ0n) is 15.3. The van der Waals surface area contributed by atoms with Gasteiger partial charge in [0.15, 0.2) is 0 Å². The van der Waals surface area contributed by atoms with Gasteiger partial charge in [-0.05, 0) is 56.5 Å². The number of likely N-dealkylation sites (N-methyl/N-ethyl adjacent to an activating group) is 1. The van der Waals surface area contributed by atoms with Crippen LogP contribution in [0.3, 0.4) is 0 Å². The summed E-state index contributed by atoms with van der Waals surface area (Å²) in [5, 5.41) is 2.78. The quantitative estimate of drug-likeness (QED) is 0.890. The number of carbonyl (C=O) groups is 1. The molecule has 0 aromatic heterocycles. The predicted molar refractivity (Wildman–Crippen MR) is 100 cm³/mol. The van der Waals surface area contributed by atoms with Gasteiger partial charge in [0, 0.05) is 12.7 Å². The summed E-state index contributed by atoms with van der Waals surface area (Å²) in [5.41, 5.74) is 4.39. The van der Waals surface area contributed by atoms with Gasteiger partial charge in [-0.1, -0.05) is 29.8 Å². The molecule has 0 unspecified atom stereocenters. The van der Waals surface area contributed by atoms with Gasteiger partial charge in [0.1, 0.15) is 0 Å². The topological polar surface area (TPSA) is 66.5 Å². The van der Waals surface area contributed by atoms with E-state index in [1.165, 1.54) is 7.05 Å². The Balaban J connectivity index is 2.16. The Kier molecular flexibility index (Phi) is 5.65. The second-order valence-corrected chi connectivity index (χ2v) is 8.34. The number of amides is 1. The number of hydrogen-bond acceptors (Lipinski definition) is 3. The number of nitrogens with one attached hydrogen (secondary N) is 1. The summed E-state index contributed by atoms with van der Waals surface area (Å²) in [7, 11) is -2.31. The predicted octanol–water partition coefficient (Wildman–Crippen LogP) is 3.18. The van der Waals surface area contributed by atoms with E-state index in [0.29, 0.717) is 11.3 Å². The Hall–Kier alpha value is -2.18. The maximum absolute atomic E-state index is 12.7. The lowest BCUT2D eigenvalue weighted by Gasteiger charge is -2.19. The number of aryl methyl sites for hydroxylation is 3. The first kappa shape index (κ1) is 19.1. The van der Waals surface area contributed by atoms with Crippen LogP contribution in [0, 0.1) is 27.7 Å². The Morgan fingerprint density at radius 1 is 1.04 bits per heavy atom.